The van der Waals surface area contributed by atoms with Crippen molar-refractivity contribution in [2.45, 2.75) is 80.2 Å². The van der Waals surface area contributed by atoms with Gasteiger partial charge in [0.2, 0.25) is 0 Å². The van der Waals surface area contributed by atoms with Crippen LogP contribution in [0, 0.1) is 0 Å². The first-order valence-electron chi connectivity index (χ1n) is 9.04. The van der Waals surface area contributed by atoms with E-state index in [0.717, 1.165) is 6.61 Å². The van der Waals surface area contributed by atoms with Crippen molar-refractivity contribution >= 4 is 50.0 Å². The van der Waals surface area contributed by atoms with Crippen LogP contribution in [0.25, 0.3) is 0 Å². The van der Waals surface area contributed by atoms with E-state index in [1.807, 2.05) is 0 Å². The zero-order valence-corrected chi connectivity index (χ0v) is 18.8. The Morgan fingerprint density at radius 1 is 1.00 bits per heavy atom. The van der Waals surface area contributed by atoms with Crippen LogP contribution in [0.2, 0.25) is 0 Å². The van der Waals surface area contributed by atoms with Gasteiger partial charge in [0.15, 0.2) is 5.25 Å². The number of unbranched alkanes of at least 4 members (excludes halogenated alkanes) is 7. The van der Waals surface area contributed by atoms with E-state index in [-0.39, 0.29) is 0 Å². The summed E-state index contributed by atoms with van der Waals surface area (Å²) in [5.41, 5.74) is 0. The third kappa shape index (κ3) is 20.1. The van der Waals surface area contributed by atoms with Gasteiger partial charge in [-0.2, -0.15) is 8.42 Å². The van der Waals surface area contributed by atoms with E-state index < -0.39 is 33.7 Å². The second kappa shape index (κ2) is 16.9. The maximum atomic E-state index is 10.2. The summed E-state index contributed by atoms with van der Waals surface area (Å²) in [6, 6.07) is 0. The van der Waals surface area contributed by atoms with Gasteiger partial charge in [0.25, 0.3) is 10.1 Å². The number of rotatable bonds is 14. The van der Waals surface area contributed by atoms with E-state index in [4.69, 9.17) is 19.5 Å². The average molecular weight is 406 g/mol. The molecule has 0 fully saturated rings. The molecule has 0 bridgehead atoms. The third-order valence-electron chi connectivity index (χ3n) is 3.44. The fourth-order valence-corrected chi connectivity index (χ4v) is 2.88. The number of carbonyl (C=O) groups is 2. The van der Waals surface area contributed by atoms with Gasteiger partial charge in [-0.1, -0.05) is 0 Å². The van der Waals surface area contributed by atoms with Crippen molar-refractivity contribution in [2.24, 2.45) is 0 Å². The van der Waals surface area contributed by atoms with Crippen LogP contribution in [0.4, 0.5) is 0 Å². The molecule has 0 aromatic heterocycles. The molecule has 0 aliphatic heterocycles. The van der Waals surface area contributed by atoms with Crippen molar-refractivity contribution in [3.63, 3.8) is 0 Å². The molecule has 0 aromatic carbocycles. The van der Waals surface area contributed by atoms with E-state index in [9.17, 15) is 18.0 Å². The second-order valence-corrected chi connectivity index (χ2v) is 9.56. The summed E-state index contributed by atoms with van der Waals surface area (Å²) < 4.78 is 34.8. The fraction of sp³-hybridized carbons (Fsp3) is 0.875. The van der Waals surface area contributed by atoms with Gasteiger partial charge in [-0.3, -0.25) is 14.1 Å². The molecule has 0 heterocycles. The smallest absolute Gasteiger partial charge is 0.325 e. The summed E-state index contributed by atoms with van der Waals surface area (Å²) in [6.07, 6.45) is 9.94. The first kappa shape index (κ1) is 28.0. The molecule has 2 unspecified atom stereocenters. The van der Waals surface area contributed by atoms with E-state index in [0.29, 0.717) is 3.35 Å². The van der Waals surface area contributed by atoms with E-state index >= 15 is 0 Å². The Morgan fingerprint density at radius 2 is 1.46 bits per heavy atom. The molecule has 150 valence electrons. The molecule has 0 saturated heterocycles. The number of hydrogen-bond acceptors (Lipinski definition) is 5. The summed E-state index contributed by atoms with van der Waals surface area (Å²) in [5, 5.41) is 13.9. The molecule has 0 spiro atoms. The van der Waals surface area contributed by atoms with E-state index in [2.05, 4.69) is 13.8 Å². The molecule has 8 nitrogen and oxygen atoms in total. The number of carboxylic acids is 2. The summed E-state index contributed by atoms with van der Waals surface area (Å²) >= 11 is 1.17. The van der Waals surface area contributed by atoms with Crippen molar-refractivity contribution in [1.82, 2.24) is 0 Å². The number of carboxylic acid groups (broad SMARTS) is 2. The summed E-state index contributed by atoms with van der Waals surface area (Å²) in [4.78, 5) is 20.0. The van der Waals surface area contributed by atoms with Crippen LogP contribution >= 0.6 is 0 Å². The molecule has 0 aliphatic carbocycles. The SMILES string of the molecule is CCCCCCCCCCO[CH](C)[Na].O=C(O)CC(C(=O)O)S(=O)(=O)O. The topological polar surface area (TPSA) is 138 Å². The Kier molecular flexibility index (Phi) is 18.3. The zero-order chi connectivity index (χ0) is 20.6. The van der Waals surface area contributed by atoms with Gasteiger partial charge in [-0.15, -0.1) is 0 Å². The molecule has 3 N–H and O–H groups in total. The minimum absolute atomic E-state index is 0.541. The van der Waals surface area contributed by atoms with Gasteiger partial charge in [0.1, 0.15) is 0 Å². The standard InChI is InChI=1S/C12H25O.C4H6O7S.Na/c1-3-5-6-7-8-9-10-11-12-13-4-2;5-3(6)1-2(4(7)8)12(9,10)11;/h4H,3,5-12H2,1-2H3;2H,1H2,(H,5,6)(H,7,8)(H,9,10,11);. The molecule has 0 aliphatic rings. The molecule has 10 heteroatoms. The zero-order valence-electron chi connectivity index (χ0n) is 16.0. The first-order chi connectivity index (χ1) is 12.0. The van der Waals surface area contributed by atoms with Gasteiger partial charge in [0, 0.05) is 0 Å². The number of hydrogen-bond donors (Lipinski definition) is 3. The molecule has 0 rings (SSSR count). The maximum absolute atomic E-state index is 10.2. The first-order valence-corrected chi connectivity index (χ1v) is 11.7. The van der Waals surface area contributed by atoms with Gasteiger partial charge >= 0.3 is 120 Å². The Labute approximate surface area is 173 Å². The fourth-order valence-electron chi connectivity index (χ4n) is 2.03. The molecule has 0 saturated carbocycles. The molecule has 0 radical (unpaired) electrons. The Balaban J connectivity index is 0. The van der Waals surface area contributed by atoms with E-state index in [1.165, 1.54) is 79.3 Å². The molecular weight excluding hydrogens is 375 g/mol. The summed E-state index contributed by atoms with van der Waals surface area (Å²) in [6.45, 7) is 5.42. The van der Waals surface area contributed by atoms with Crippen molar-refractivity contribution in [3.05, 3.63) is 0 Å². The van der Waals surface area contributed by atoms with Gasteiger partial charge in [-0.25, -0.2) is 0 Å². The monoisotopic (exact) mass is 406 g/mol. The molecular formula is C16H31NaO8S. The van der Waals surface area contributed by atoms with Gasteiger partial charge in [-0.05, 0) is 0 Å². The molecule has 2 atom stereocenters. The van der Waals surface area contributed by atoms with Crippen molar-refractivity contribution in [3.8, 4) is 0 Å². The predicted molar refractivity (Wildman–Crippen MR) is 99.0 cm³/mol. The molecule has 0 aromatic rings. The summed E-state index contributed by atoms with van der Waals surface area (Å²) in [5.74, 6) is -3.50. The summed E-state index contributed by atoms with van der Waals surface area (Å²) in [7, 11) is -4.84. The largest absolute Gasteiger partial charge is 0.481 e. The van der Waals surface area contributed by atoms with Crippen LogP contribution in [-0.2, 0) is 24.4 Å². The van der Waals surface area contributed by atoms with Crippen molar-refractivity contribution in [2.75, 3.05) is 6.61 Å². The van der Waals surface area contributed by atoms with E-state index in [1.54, 1.807) is 0 Å². The average Bonchev–Trinajstić information content (AvgIpc) is 2.50. The van der Waals surface area contributed by atoms with Gasteiger partial charge in [0.05, 0.1) is 6.42 Å². The van der Waals surface area contributed by atoms with Crippen LogP contribution in [0.5, 0.6) is 0 Å². The van der Waals surface area contributed by atoms with Crippen LogP contribution in [-0.4, -0.2) is 78.3 Å². The van der Waals surface area contributed by atoms with Crippen molar-refractivity contribution < 1.29 is 37.5 Å². The Bertz CT molecular complexity index is 479. The number of ether oxygens (including phenoxy) is 1. The third-order valence-corrected chi connectivity index (χ3v) is 4.86. The molecule has 26 heavy (non-hydrogen) atoms. The second-order valence-electron chi connectivity index (χ2n) is 6.33. The predicted octanol–water partition coefficient (Wildman–Crippen LogP) is 2.46. The minimum atomic E-state index is -4.84. The van der Waals surface area contributed by atoms with Crippen molar-refractivity contribution in [1.29, 1.82) is 0 Å². The van der Waals surface area contributed by atoms with Crippen LogP contribution in [0.1, 0.15) is 71.6 Å². The minimum Gasteiger partial charge on any atom is -0.481 e. The molecule has 0 amide bonds. The van der Waals surface area contributed by atoms with Crippen LogP contribution in [0.3, 0.4) is 0 Å². The number of aliphatic carboxylic acids is 2. The van der Waals surface area contributed by atoms with Crippen LogP contribution < -0.4 is 0 Å². The van der Waals surface area contributed by atoms with Crippen LogP contribution in [0.15, 0.2) is 0 Å². The quantitative estimate of drug-likeness (QED) is 0.227. The normalized spacial score (nSPS) is 13.4. The Morgan fingerprint density at radius 3 is 1.77 bits per heavy atom. The maximum Gasteiger partial charge on any atom is 0.325 e. The van der Waals surface area contributed by atoms with Gasteiger partial charge < -0.3 is 10.2 Å². The Hall–Kier alpha value is -0.190.